The van der Waals surface area contributed by atoms with Crippen molar-refractivity contribution in [3.05, 3.63) is 93.0 Å². The molecule has 5 aromatic rings. The number of anilines is 1. The first-order valence-electron chi connectivity index (χ1n) is 20.9. The van der Waals surface area contributed by atoms with Crippen LogP contribution in [0.25, 0.3) is 22.0 Å². The first-order chi connectivity index (χ1) is 30.9. The van der Waals surface area contributed by atoms with E-state index in [1.54, 1.807) is 19.1 Å². The summed E-state index contributed by atoms with van der Waals surface area (Å²) in [4.78, 5) is 19.1. The zero-order valence-electron chi connectivity index (χ0n) is 35.6. The van der Waals surface area contributed by atoms with Crippen LogP contribution in [0, 0.1) is 41.2 Å². The number of sulfone groups is 1. The van der Waals surface area contributed by atoms with Crippen LogP contribution in [-0.4, -0.2) is 62.0 Å². The van der Waals surface area contributed by atoms with Gasteiger partial charge >= 0.3 is 0 Å². The Morgan fingerprint density at radius 2 is 1.70 bits per heavy atom. The molecule has 0 bridgehead atoms. The highest BCUT2D eigenvalue weighted by molar-refractivity contribution is 7.94. The number of hydrogen-bond donors (Lipinski definition) is 2. The zero-order valence-corrected chi connectivity index (χ0v) is 38.0. The molecule has 9 rings (SSSR count). The summed E-state index contributed by atoms with van der Waals surface area (Å²) in [6.07, 6.45) is -2.08. The van der Waals surface area contributed by atoms with Gasteiger partial charge in [0.1, 0.15) is 40.0 Å². The van der Waals surface area contributed by atoms with Gasteiger partial charge in [-0.2, -0.15) is 19.0 Å². The fourth-order valence-electron chi connectivity index (χ4n) is 8.75. The van der Waals surface area contributed by atoms with E-state index in [2.05, 4.69) is 43.9 Å². The molecule has 2 saturated carbocycles. The van der Waals surface area contributed by atoms with Gasteiger partial charge in [0.05, 0.1) is 49.5 Å². The number of aryl methyl sites for hydroxylation is 1. The third kappa shape index (κ3) is 7.78. The van der Waals surface area contributed by atoms with Gasteiger partial charge in [0.15, 0.2) is 15.7 Å². The average molecular weight is 972 g/mol. The third-order valence-corrected chi connectivity index (χ3v) is 18.1. The minimum absolute atomic E-state index is 0.00223. The van der Waals surface area contributed by atoms with E-state index in [4.69, 9.17) is 16.6 Å². The summed E-state index contributed by atoms with van der Waals surface area (Å²) in [7, 11) is -6.09. The lowest BCUT2D eigenvalue weighted by molar-refractivity contribution is -0.123. The predicted octanol–water partition coefficient (Wildman–Crippen LogP) is 8.02. The first kappa shape index (κ1) is 45.6. The van der Waals surface area contributed by atoms with E-state index in [1.807, 2.05) is 0 Å². The number of nitrogens with zero attached hydrogens (tertiary/aromatic N) is 5. The van der Waals surface area contributed by atoms with Gasteiger partial charge in [-0.05, 0) is 94.7 Å². The number of hydrogen-bond acceptors (Lipinski definition) is 8. The number of fused-ring (bicyclic) bond motifs is 4. The minimum Gasteiger partial charge on any atom is -0.346 e. The Labute approximate surface area is 380 Å². The van der Waals surface area contributed by atoms with Gasteiger partial charge in [0, 0.05) is 36.2 Å². The second-order valence-electron chi connectivity index (χ2n) is 17.9. The van der Waals surface area contributed by atoms with Gasteiger partial charge in [-0.1, -0.05) is 29.5 Å². The Morgan fingerprint density at radius 1 is 1.02 bits per heavy atom. The van der Waals surface area contributed by atoms with Crippen LogP contribution in [0.3, 0.4) is 0 Å². The number of sulfonamides is 1. The number of aromatic nitrogens is 5. The second kappa shape index (κ2) is 15.8. The largest absolute Gasteiger partial charge is 0.346 e. The van der Waals surface area contributed by atoms with Crippen LogP contribution in [0.1, 0.15) is 105 Å². The molecule has 21 heteroatoms. The number of carbonyl (C=O) groups is 1. The number of pyridine rings is 1. The summed E-state index contributed by atoms with van der Waals surface area (Å²) in [6.45, 7) is 3.52. The zero-order chi connectivity index (χ0) is 47.5. The molecule has 3 atom stereocenters. The van der Waals surface area contributed by atoms with Gasteiger partial charge in [-0.15, -0.1) is 5.92 Å². The fraction of sp³-hybridized carbons (Fsp3) is 0.422. The van der Waals surface area contributed by atoms with Gasteiger partial charge in [-0.3, -0.25) is 18.9 Å². The highest BCUT2D eigenvalue weighted by atomic mass is 35.5. The van der Waals surface area contributed by atoms with Crippen LogP contribution in [-0.2, 0) is 50.6 Å². The molecule has 3 heterocycles. The maximum atomic E-state index is 16.0. The lowest BCUT2D eigenvalue weighted by Gasteiger charge is -2.23. The highest BCUT2D eigenvalue weighted by Gasteiger charge is 2.59. The van der Waals surface area contributed by atoms with Crippen molar-refractivity contribution in [2.45, 2.75) is 105 Å². The molecule has 1 amide bonds. The Bertz CT molecular complexity index is 3230. The smallest absolute Gasteiger partial charge is 0.294 e. The van der Waals surface area contributed by atoms with E-state index < -0.39 is 112 Å². The summed E-state index contributed by atoms with van der Waals surface area (Å²) in [5.41, 5.74) is -1.43. The number of benzene rings is 2. The molecule has 0 unspecified atom stereocenters. The van der Waals surface area contributed by atoms with Crippen molar-refractivity contribution >= 4 is 54.1 Å². The standard InChI is InChI=1S/C45H40ClF6N7O5S2/c1-43(2,65(61,62)27-9-10-27)15-14-26-8-11-28(29-12-13-32(46)36-39(29)58(4)56-42(36)57-66(63,64)44(3)16-17-44)37(53-26)33(20-23-18-24(47)21-25(48)19-23)54-34(60)22-59-40-35(38(55-59)41(49)50)30-6-5-7-31(30)45(40,51)52/h8,11-13,18-19,21,27,30-31,33,41H,7,9-10,16-17,20,22H2,1-4H3,(H,54,60)(H,56,57)/t30-,31+,33-/m0/s1. The molecule has 2 N–H and O–H groups in total. The average Bonchev–Trinajstić information content (AvgIpc) is 4.08. The summed E-state index contributed by atoms with van der Waals surface area (Å²) < 4.78 is 146. The van der Waals surface area contributed by atoms with Crippen LogP contribution in [0.2, 0.25) is 5.02 Å². The molecule has 0 spiro atoms. The molecule has 2 aromatic carbocycles. The highest BCUT2D eigenvalue weighted by Crippen LogP contribution is 2.57. The molecule has 66 heavy (non-hydrogen) atoms. The molecule has 4 aliphatic rings. The number of nitrogens with one attached hydrogen (secondary N) is 2. The van der Waals surface area contributed by atoms with Gasteiger partial charge < -0.3 is 5.32 Å². The van der Waals surface area contributed by atoms with Crippen molar-refractivity contribution in [2.24, 2.45) is 13.0 Å². The second-order valence-corrected chi connectivity index (χ2v) is 23.3. The molecular weight excluding hydrogens is 932 g/mol. The van der Waals surface area contributed by atoms with Gasteiger partial charge in [0.25, 0.3) is 12.3 Å². The maximum Gasteiger partial charge on any atom is 0.294 e. The van der Waals surface area contributed by atoms with Crippen LogP contribution < -0.4 is 10.0 Å². The lowest BCUT2D eigenvalue weighted by atomic mass is 9.93. The van der Waals surface area contributed by atoms with Crippen LogP contribution >= 0.6 is 11.6 Å². The van der Waals surface area contributed by atoms with Crippen molar-refractivity contribution in [2.75, 3.05) is 4.72 Å². The molecule has 0 aliphatic heterocycles. The molecule has 346 valence electrons. The number of amides is 1. The third-order valence-electron chi connectivity index (χ3n) is 12.8. The number of alkyl halides is 4. The monoisotopic (exact) mass is 971 g/mol. The van der Waals surface area contributed by atoms with Crippen molar-refractivity contribution in [3.8, 4) is 34.8 Å². The van der Waals surface area contributed by atoms with Crippen LogP contribution in [0.15, 0.2) is 42.5 Å². The van der Waals surface area contributed by atoms with Gasteiger partial charge in [-0.25, -0.2) is 39.4 Å². The summed E-state index contributed by atoms with van der Waals surface area (Å²) in [6, 6.07) is 7.31. The lowest BCUT2D eigenvalue weighted by Crippen LogP contribution is -2.35. The number of carbonyl (C=O) groups excluding carboxylic acids is 1. The van der Waals surface area contributed by atoms with E-state index in [0.717, 1.165) is 12.1 Å². The maximum absolute atomic E-state index is 16.0. The molecule has 2 fully saturated rings. The first-order valence-corrected chi connectivity index (χ1v) is 24.3. The van der Waals surface area contributed by atoms with Gasteiger partial charge in [0.2, 0.25) is 15.9 Å². The Kier molecular flexibility index (Phi) is 10.9. The van der Waals surface area contributed by atoms with Crippen LogP contribution in [0.5, 0.6) is 0 Å². The van der Waals surface area contributed by atoms with E-state index in [0.29, 0.717) is 42.0 Å². The molecular formula is C45H40ClF6N7O5S2. The molecule has 4 aliphatic carbocycles. The Balaban J connectivity index is 1.19. The quantitative estimate of drug-likeness (QED) is 0.0888. The molecule has 12 nitrogen and oxygen atoms in total. The molecule has 0 saturated heterocycles. The van der Waals surface area contributed by atoms with Crippen molar-refractivity contribution in [3.63, 3.8) is 0 Å². The normalized spacial score (nSPS) is 19.7. The van der Waals surface area contributed by atoms with Crippen molar-refractivity contribution in [1.29, 1.82) is 0 Å². The SMILES string of the molecule is Cn1nc(NS(=O)(=O)C2(C)CC2)c2c(Cl)ccc(-c3ccc(C#CC(C)(C)S(=O)(=O)C4CC4)nc3[C@H](Cc3cc(F)cc(F)c3)NC(=O)Cn3nc(C(F)F)c4c3C(F)(F)[C@@H]3CC#C[C@H]43)c21. The van der Waals surface area contributed by atoms with E-state index in [1.165, 1.54) is 37.7 Å². The van der Waals surface area contributed by atoms with E-state index in [9.17, 15) is 39.2 Å². The van der Waals surface area contributed by atoms with E-state index in [-0.39, 0.29) is 50.7 Å². The predicted molar refractivity (Wildman–Crippen MR) is 233 cm³/mol. The van der Waals surface area contributed by atoms with E-state index >= 15 is 8.78 Å². The Morgan fingerprint density at radius 3 is 2.35 bits per heavy atom. The summed E-state index contributed by atoms with van der Waals surface area (Å²) >= 11 is 6.75. The minimum atomic E-state index is -3.94. The van der Waals surface area contributed by atoms with Crippen molar-refractivity contribution in [1.82, 2.24) is 29.9 Å². The molecule has 3 aromatic heterocycles. The molecule has 0 radical (unpaired) electrons. The summed E-state index contributed by atoms with van der Waals surface area (Å²) in [5, 5.41) is 10.7. The number of rotatable bonds is 13. The van der Waals surface area contributed by atoms with Crippen molar-refractivity contribution < 1.29 is 48.0 Å². The Hall–Kier alpha value is -5.57. The fourth-order valence-corrected chi connectivity index (χ4v) is 12.1. The topological polar surface area (TPSA) is 158 Å². The summed E-state index contributed by atoms with van der Waals surface area (Å²) in [5.74, 6) is 1.42. The number of halogens is 7. The van der Waals surface area contributed by atoms with Crippen LogP contribution in [0.4, 0.5) is 32.2 Å².